The lowest BCUT2D eigenvalue weighted by atomic mass is 9.44. The number of Topliss-reactive ketones (excluding diaryl/α,β-unsaturated/α-hetero) is 1. The zero-order valence-corrected chi connectivity index (χ0v) is 34.6. The lowest BCUT2D eigenvalue weighted by molar-refractivity contribution is -0.341. The maximum absolute atomic E-state index is 15.6. The van der Waals surface area contributed by atoms with Crippen molar-refractivity contribution in [3.05, 3.63) is 47.0 Å². The van der Waals surface area contributed by atoms with Crippen molar-refractivity contribution >= 4 is 35.5 Å². The average Bonchev–Trinajstić information content (AvgIpc) is 3.07. The highest BCUT2D eigenvalue weighted by Gasteiger charge is 2.79. The Bertz CT molecular complexity index is 1550. The lowest BCUT2D eigenvalue weighted by Gasteiger charge is -2.69. The van der Waals surface area contributed by atoms with Gasteiger partial charge in [-0.1, -0.05) is 59.7 Å². The van der Waals surface area contributed by atoms with Crippen molar-refractivity contribution in [2.45, 2.75) is 134 Å². The number of hydrogen-bond acceptors (Lipinski definition) is 12. The summed E-state index contributed by atoms with van der Waals surface area (Å²) in [4.78, 5) is 43.2. The second kappa shape index (κ2) is 14.3. The number of ketones is 1. The van der Waals surface area contributed by atoms with Crippen LogP contribution in [0.1, 0.15) is 78.6 Å². The highest BCUT2D eigenvalue weighted by atomic mass is 28.4. The Balaban J connectivity index is 1.91. The van der Waals surface area contributed by atoms with Gasteiger partial charge in [-0.15, -0.1) is 0 Å². The molecule has 1 saturated heterocycles. The van der Waals surface area contributed by atoms with Crippen molar-refractivity contribution < 1.29 is 56.8 Å². The molecular formula is C38H57O12Si2. The van der Waals surface area contributed by atoms with Crippen molar-refractivity contribution in [3.8, 4) is 0 Å². The number of benzene rings is 1. The number of hydrogen-bond donors (Lipinski definition) is 2. The van der Waals surface area contributed by atoms with Crippen LogP contribution >= 0.6 is 0 Å². The Morgan fingerprint density at radius 3 is 2.13 bits per heavy atom. The molecule has 3 aliphatic carbocycles. The van der Waals surface area contributed by atoms with Gasteiger partial charge in [-0.3, -0.25) is 4.79 Å². The molecule has 1 aliphatic heterocycles. The Labute approximate surface area is 310 Å². The first-order valence-corrected chi connectivity index (χ1v) is 22.6. The topological polar surface area (TPSA) is 156 Å². The maximum atomic E-state index is 15.6. The number of carbonyl (C=O) groups is 3. The third kappa shape index (κ3) is 5.96. The predicted octanol–water partition coefficient (Wildman–Crippen LogP) is 5.51. The summed E-state index contributed by atoms with van der Waals surface area (Å²) in [6.07, 6.45) is -6.94. The van der Waals surface area contributed by atoms with E-state index < -0.39 is 94.0 Å². The van der Waals surface area contributed by atoms with Crippen molar-refractivity contribution in [3.63, 3.8) is 0 Å². The molecule has 5 rings (SSSR count). The molecule has 3 unspecified atom stereocenters. The van der Waals surface area contributed by atoms with Crippen molar-refractivity contribution in [1.29, 1.82) is 0 Å². The summed E-state index contributed by atoms with van der Waals surface area (Å²) in [5, 5.41) is 24.3. The van der Waals surface area contributed by atoms with Gasteiger partial charge < -0.3 is 42.4 Å². The van der Waals surface area contributed by atoms with Gasteiger partial charge in [0.25, 0.3) is 0 Å². The molecule has 52 heavy (non-hydrogen) atoms. The van der Waals surface area contributed by atoms with Gasteiger partial charge >= 0.3 is 20.7 Å². The Morgan fingerprint density at radius 2 is 1.63 bits per heavy atom. The first kappa shape index (κ1) is 40.7. The number of esters is 1. The third-order valence-electron chi connectivity index (χ3n) is 12.6. The van der Waals surface area contributed by atoms with E-state index in [4.69, 9.17) is 32.2 Å². The van der Waals surface area contributed by atoms with Gasteiger partial charge in [-0.2, -0.15) is 0 Å². The van der Waals surface area contributed by atoms with E-state index in [1.807, 2.05) is 54.6 Å². The van der Waals surface area contributed by atoms with E-state index in [-0.39, 0.29) is 36.1 Å². The molecule has 2 bridgehead atoms. The molecule has 9 atom stereocenters. The number of aliphatic hydroxyl groups is 2. The zero-order valence-electron chi connectivity index (χ0n) is 32.6. The summed E-state index contributed by atoms with van der Waals surface area (Å²) in [5.41, 5.74) is -5.15. The second-order valence-electron chi connectivity index (χ2n) is 16.4. The molecule has 289 valence electrons. The third-order valence-corrected chi connectivity index (χ3v) is 17.9. The normalized spacial score (nSPS) is 35.7. The highest BCUT2D eigenvalue weighted by molar-refractivity contribution is 6.70. The average molecular weight is 762 g/mol. The van der Waals surface area contributed by atoms with Gasteiger partial charge in [0.1, 0.15) is 23.9 Å². The van der Waals surface area contributed by atoms with Crippen LogP contribution in [0.25, 0.3) is 0 Å². The first-order chi connectivity index (χ1) is 24.2. The predicted molar refractivity (Wildman–Crippen MR) is 195 cm³/mol. The highest BCUT2D eigenvalue weighted by Crippen LogP contribution is 2.66. The molecule has 2 saturated carbocycles. The SMILES string of the molecule is COC(=O)O[C@@]12COC1C[C@H](O[Si](OC)(C(C)C)C(C)C)[C@@]1(C)C(=O)[C@H](O)C3=C(C)[C@@H](O)C[C@@](O[Si](C)C)(C(OC(=O)c4ccccc4)C21)C3(C)C. The van der Waals surface area contributed by atoms with Crippen LogP contribution in [-0.4, -0.2) is 108 Å². The monoisotopic (exact) mass is 761 g/mol. The summed E-state index contributed by atoms with van der Waals surface area (Å²) in [6.45, 7) is 19.0. The molecule has 4 aliphatic rings. The smallest absolute Gasteiger partial charge is 0.455 e. The van der Waals surface area contributed by atoms with Gasteiger partial charge in [0.2, 0.25) is 9.04 Å². The van der Waals surface area contributed by atoms with Gasteiger partial charge in [0, 0.05) is 25.4 Å². The summed E-state index contributed by atoms with van der Waals surface area (Å²) in [6, 6.07) is 8.48. The van der Waals surface area contributed by atoms with E-state index in [9.17, 15) is 19.8 Å². The number of rotatable bonds is 10. The minimum absolute atomic E-state index is 0.0362. The quantitative estimate of drug-likeness (QED) is 0.175. The Morgan fingerprint density at radius 1 is 1.02 bits per heavy atom. The number of carbonyl (C=O) groups excluding carboxylic acids is 3. The van der Waals surface area contributed by atoms with Gasteiger partial charge in [0.15, 0.2) is 11.4 Å². The molecule has 1 aromatic rings. The van der Waals surface area contributed by atoms with Crippen molar-refractivity contribution in [1.82, 2.24) is 0 Å². The fourth-order valence-electron chi connectivity index (χ4n) is 9.99. The molecule has 1 radical (unpaired) electrons. The Kier molecular flexibility index (Phi) is 11.2. The fourth-order valence-corrected chi connectivity index (χ4v) is 14.9. The van der Waals surface area contributed by atoms with Crippen LogP contribution in [0.2, 0.25) is 24.2 Å². The Hall–Kier alpha value is -2.44. The van der Waals surface area contributed by atoms with Crippen LogP contribution in [0.3, 0.4) is 0 Å². The van der Waals surface area contributed by atoms with E-state index in [0.29, 0.717) is 11.1 Å². The van der Waals surface area contributed by atoms with E-state index in [2.05, 4.69) is 0 Å². The maximum Gasteiger partial charge on any atom is 0.508 e. The van der Waals surface area contributed by atoms with Gasteiger partial charge in [-0.05, 0) is 61.3 Å². The second-order valence-corrected chi connectivity index (χ2v) is 22.9. The van der Waals surface area contributed by atoms with E-state index in [0.717, 1.165) is 0 Å². The largest absolute Gasteiger partial charge is 0.508 e. The number of ether oxygens (including phenoxy) is 4. The number of fused-ring (bicyclic) bond motifs is 5. The number of aliphatic hydroxyl groups excluding tert-OH is 2. The van der Waals surface area contributed by atoms with Crippen LogP contribution in [0, 0.1) is 16.7 Å². The molecule has 1 aromatic carbocycles. The van der Waals surface area contributed by atoms with Gasteiger partial charge in [-0.25, -0.2) is 9.59 Å². The van der Waals surface area contributed by atoms with Gasteiger partial charge in [0.05, 0.1) is 42.8 Å². The van der Waals surface area contributed by atoms with Crippen molar-refractivity contribution in [2.75, 3.05) is 20.8 Å². The molecule has 2 N–H and O–H groups in total. The van der Waals surface area contributed by atoms with Crippen LogP contribution in [-0.2, 0) is 37.0 Å². The fraction of sp³-hybridized carbons (Fsp3) is 0.711. The molecule has 12 nitrogen and oxygen atoms in total. The minimum atomic E-state index is -3.15. The van der Waals surface area contributed by atoms with Crippen LogP contribution in [0.15, 0.2) is 41.5 Å². The molecule has 0 spiro atoms. The van der Waals surface area contributed by atoms with Crippen molar-refractivity contribution in [2.24, 2.45) is 16.7 Å². The molecule has 3 fully saturated rings. The van der Waals surface area contributed by atoms with E-state index in [1.165, 1.54) is 7.11 Å². The summed E-state index contributed by atoms with van der Waals surface area (Å²) >= 11 is 0. The summed E-state index contributed by atoms with van der Waals surface area (Å²) < 4.78 is 44.9. The molecule has 14 heteroatoms. The summed E-state index contributed by atoms with van der Waals surface area (Å²) in [7, 11) is -2.01. The summed E-state index contributed by atoms with van der Waals surface area (Å²) in [5.74, 6) is -2.53. The zero-order chi connectivity index (χ0) is 38.8. The molecular weight excluding hydrogens is 705 g/mol. The molecule has 1 heterocycles. The van der Waals surface area contributed by atoms with Crippen LogP contribution < -0.4 is 0 Å². The molecule has 0 aromatic heterocycles. The lowest BCUT2D eigenvalue weighted by Crippen LogP contribution is -2.82. The standard InChI is InChI=1S/C38H57O12Si2/c1-21(2)52(45-10,22(3)4)49-26-18-27-37(20-46-27,48-34(43)44-9)30-32(47-33(42)24-16-14-13-15-17-24)38(50-51(11)12)19-25(39)23(5)28(35(38,6)7)29(40)31(41)36(26,30)8/h13-17,21-22,25-27,29-30,32,39-40H,18-20H2,1-12H3/t25-,26-,27?,29+,30?,32?,36+,37-,38+/m0/s1. The van der Waals surface area contributed by atoms with Crippen LogP contribution in [0.5, 0.6) is 0 Å². The van der Waals surface area contributed by atoms with E-state index in [1.54, 1.807) is 51.3 Å². The van der Waals surface area contributed by atoms with E-state index >= 15 is 4.79 Å². The minimum Gasteiger partial charge on any atom is -0.455 e. The first-order valence-electron chi connectivity index (χ1n) is 18.2. The number of methoxy groups -OCH3 is 1. The van der Waals surface area contributed by atoms with Crippen LogP contribution in [0.4, 0.5) is 4.79 Å². The molecule has 0 amide bonds.